The van der Waals surface area contributed by atoms with Gasteiger partial charge in [-0.15, -0.1) is 10.2 Å². The molecule has 0 aromatic carbocycles. The average molecular weight is 349 g/mol. The Bertz CT molecular complexity index is 680. The molecule has 1 aliphatic heterocycles. The van der Waals surface area contributed by atoms with Crippen LogP contribution in [0.5, 0.6) is 0 Å². The van der Waals surface area contributed by atoms with E-state index in [1.807, 2.05) is 13.8 Å². The van der Waals surface area contributed by atoms with E-state index in [2.05, 4.69) is 19.5 Å². The molecule has 3 heterocycles. The molecule has 0 radical (unpaired) electrons. The highest BCUT2D eigenvalue weighted by Crippen LogP contribution is 2.36. The van der Waals surface area contributed by atoms with Crippen LogP contribution in [-0.2, 0) is 4.74 Å². The van der Waals surface area contributed by atoms with Gasteiger partial charge in [-0.25, -0.2) is 4.98 Å². The molecule has 2 aromatic heterocycles. The lowest BCUT2D eigenvalue weighted by atomic mass is 10.1. The Morgan fingerprint density at radius 2 is 2.04 bits per heavy atom. The Hall–Kier alpha value is -1.54. The van der Waals surface area contributed by atoms with Crippen molar-refractivity contribution in [2.24, 2.45) is 0 Å². The molecule has 1 saturated carbocycles. The highest BCUT2D eigenvalue weighted by Gasteiger charge is 2.32. The number of rotatable bonds is 4. The van der Waals surface area contributed by atoms with Gasteiger partial charge in [-0.2, -0.15) is 4.37 Å². The SMILES string of the molecule is CC(C)c1nnc([C@@H]2COCCN2c2nc(C3CCCC3)ns2)o1. The standard InChI is InChI=1S/C16H23N5O2S/c1-10(2)14-18-19-15(23-14)12-9-22-8-7-21(12)16-17-13(20-24-16)11-5-3-4-6-11/h10-12H,3-9H2,1-2H3/t12-/m0/s1. The molecule has 1 aliphatic carbocycles. The van der Waals surface area contributed by atoms with Gasteiger partial charge < -0.3 is 14.1 Å². The summed E-state index contributed by atoms with van der Waals surface area (Å²) >= 11 is 1.47. The normalized spacial score (nSPS) is 22.6. The largest absolute Gasteiger partial charge is 0.423 e. The molecular weight excluding hydrogens is 326 g/mol. The first kappa shape index (κ1) is 16.0. The van der Waals surface area contributed by atoms with E-state index in [-0.39, 0.29) is 12.0 Å². The van der Waals surface area contributed by atoms with Crippen molar-refractivity contribution in [2.45, 2.75) is 57.4 Å². The van der Waals surface area contributed by atoms with Crippen LogP contribution in [0.1, 0.15) is 75.0 Å². The number of aromatic nitrogens is 4. The van der Waals surface area contributed by atoms with E-state index in [1.54, 1.807) is 0 Å². The van der Waals surface area contributed by atoms with Crippen LogP contribution in [0.2, 0.25) is 0 Å². The molecule has 0 bridgehead atoms. The number of anilines is 1. The van der Waals surface area contributed by atoms with E-state index >= 15 is 0 Å². The maximum absolute atomic E-state index is 5.86. The molecule has 1 saturated heterocycles. The van der Waals surface area contributed by atoms with Crippen molar-refractivity contribution >= 4 is 16.7 Å². The van der Waals surface area contributed by atoms with Gasteiger partial charge in [-0.1, -0.05) is 26.7 Å². The average Bonchev–Trinajstić information content (AvgIpc) is 3.34. The molecule has 0 spiro atoms. The lowest BCUT2D eigenvalue weighted by Gasteiger charge is -2.32. The first-order valence-corrected chi connectivity index (χ1v) is 9.51. The van der Waals surface area contributed by atoms with Gasteiger partial charge in [0.15, 0.2) is 0 Å². The van der Waals surface area contributed by atoms with Crippen LogP contribution >= 0.6 is 11.5 Å². The van der Waals surface area contributed by atoms with Crippen molar-refractivity contribution in [3.05, 3.63) is 17.6 Å². The minimum Gasteiger partial charge on any atom is -0.423 e. The summed E-state index contributed by atoms with van der Waals surface area (Å²) in [5.74, 6) is 3.03. The summed E-state index contributed by atoms with van der Waals surface area (Å²) in [6.45, 7) is 6.08. The van der Waals surface area contributed by atoms with E-state index in [9.17, 15) is 0 Å². The third-order valence-electron chi connectivity index (χ3n) is 4.76. The van der Waals surface area contributed by atoms with Gasteiger partial charge in [0.2, 0.25) is 16.9 Å². The first-order chi connectivity index (χ1) is 11.7. The van der Waals surface area contributed by atoms with Crippen molar-refractivity contribution in [3.8, 4) is 0 Å². The summed E-state index contributed by atoms with van der Waals surface area (Å²) in [4.78, 5) is 7.03. The van der Waals surface area contributed by atoms with Crippen LogP contribution in [0.25, 0.3) is 0 Å². The highest BCUT2D eigenvalue weighted by molar-refractivity contribution is 7.09. The van der Waals surface area contributed by atoms with E-state index in [0.29, 0.717) is 30.9 Å². The quantitative estimate of drug-likeness (QED) is 0.838. The molecule has 2 aromatic rings. The molecule has 4 rings (SSSR count). The molecule has 0 N–H and O–H groups in total. The van der Waals surface area contributed by atoms with Crippen LogP contribution in [-0.4, -0.2) is 39.3 Å². The van der Waals surface area contributed by atoms with Gasteiger partial charge in [0, 0.05) is 29.9 Å². The third-order valence-corrected chi connectivity index (χ3v) is 5.53. The highest BCUT2D eigenvalue weighted by atomic mass is 32.1. The number of ether oxygens (including phenoxy) is 1. The van der Waals surface area contributed by atoms with Crippen LogP contribution in [0.15, 0.2) is 4.42 Å². The Labute approximate surface area is 145 Å². The fourth-order valence-corrected chi connectivity index (χ4v) is 4.17. The Balaban J connectivity index is 1.57. The maximum Gasteiger partial charge on any atom is 0.241 e. The monoisotopic (exact) mass is 349 g/mol. The maximum atomic E-state index is 5.86. The molecule has 130 valence electrons. The lowest BCUT2D eigenvalue weighted by Crippen LogP contribution is -2.39. The molecule has 2 aliphatic rings. The van der Waals surface area contributed by atoms with E-state index in [1.165, 1.54) is 37.2 Å². The van der Waals surface area contributed by atoms with Gasteiger partial charge in [0.1, 0.15) is 11.9 Å². The summed E-state index contributed by atoms with van der Waals surface area (Å²) in [7, 11) is 0. The van der Waals surface area contributed by atoms with Crippen LogP contribution < -0.4 is 4.90 Å². The zero-order valence-electron chi connectivity index (χ0n) is 14.1. The van der Waals surface area contributed by atoms with Gasteiger partial charge in [-0.05, 0) is 12.8 Å². The third kappa shape index (κ3) is 3.04. The van der Waals surface area contributed by atoms with Gasteiger partial charge >= 0.3 is 0 Å². The Kier molecular flexibility index (Phi) is 4.49. The van der Waals surface area contributed by atoms with E-state index < -0.39 is 0 Å². The van der Waals surface area contributed by atoms with Crippen molar-refractivity contribution < 1.29 is 9.15 Å². The molecule has 7 nitrogen and oxygen atoms in total. The summed E-state index contributed by atoms with van der Waals surface area (Å²) in [5.41, 5.74) is 0. The topological polar surface area (TPSA) is 77.2 Å². The fraction of sp³-hybridized carbons (Fsp3) is 0.750. The summed E-state index contributed by atoms with van der Waals surface area (Å²) in [6.07, 6.45) is 5.01. The number of hydrogen-bond acceptors (Lipinski definition) is 8. The molecule has 24 heavy (non-hydrogen) atoms. The molecule has 1 atom stereocenters. The Morgan fingerprint density at radius 3 is 2.79 bits per heavy atom. The minimum absolute atomic E-state index is 0.0804. The summed E-state index contributed by atoms with van der Waals surface area (Å²) < 4.78 is 16.1. The van der Waals surface area contributed by atoms with Crippen molar-refractivity contribution in [3.63, 3.8) is 0 Å². The predicted molar refractivity (Wildman–Crippen MR) is 90.4 cm³/mol. The van der Waals surface area contributed by atoms with Crippen LogP contribution in [0.3, 0.4) is 0 Å². The van der Waals surface area contributed by atoms with Crippen LogP contribution in [0, 0.1) is 0 Å². The van der Waals surface area contributed by atoms with Gasteiger partial charge in [-0.3, -0.25) is 0 Å². The van der Waals surface area contributed by atoms with Crippen molar-refractivity contribution in [2.75, 3.05) is 24.7 Å². The Morgan fingerprint density at radius 1 is 1.21 bits per heavy atom. The van der Waals surface area contributed by atoms with Crippen molar-refractivity contribution in [1.82, 2.24) is 19.6 Å². The minimum atomic E-state index is -0.0804. The molecule has 2 fully saturated rings. The second-order valence-corrected chi connectivity index (χ2v) is 7.56. The van der Waals surface area contributed by atoms with Gasteiger partial charge in [0.05, 0.1) is 13.2 Å². The fourth-order valence-electron chi connectivity index (χ4n) is 3.34. The molecule has 0 amide bonds. The molecule has 8 heteroatoms. The second-order valence-electron chi connectivity index (χ2n) is 6.83. The second kappa shape index (κ2) is 6.76. The number of nitrogens with zero attached hydrogens (tertiary/aromatic N) is 5. The van der Waals surface area contributed by atoms with Crippen LogP contribution in [0.4, 0.5) is 5.13 Å². The smallest absolute Gasteiger partial charge is 0.241 e. The van der Waals surface area contributed by atoms with Gasteiger partial charge in [0.25, 0.3) is 0 Å². The summed E-state index contributed by atoms with van der Waals surface area (Å²) in [6, 6.07) is -0.0804. The zero-order valence-corrected chi connectivity index (χ0v) is 15.0. The first-order valence-electron chi connectivity index (χ1n) is 8.73. The number of hydrogen-bond donors (Lipinski definition) is 0. The number of morpholine rings is 1. The lowest BCUT2D eigenvalue weighted by molar-refractivity contribution is 0.0855. The van der Waals surface area contributed by atoms with E-state index in [4.69, 9.17) is 14.1 Å². The predicted octanol–water partition coefficient (Wildman–Crippen LogP) is 3.28. The molecule has 0 unspecified atom stereocenters. The zero-order chi connectivity index (χ0) is 16.5. The van der Waals surface area contributed by atoms with E-state index in [0.717, 1.165) is 17.5 Å². The van der Waals surface area contributed by atoms with Crippen molar-refractivity contribution in [1.29, 1.82) is 0 Å². The summed E-state index contributed by atoms with van der Waals surface area (Å²) in [5, 5.41) is 9.33. The molecular formula is C16H23N5O2S.